The third-order valence-electron chi connectivity index (χ3n) is 4.03. The summed E-state index contributed by atoms with van der Waals surface area (Å²) in [5, 5.41) is 2.95. The highest BCUT2D eigenvalue weighted by Gasteiger charge is 2.18. The van der Waals surface area contributed by atoms with E-state index in [4.69, 9.17) is 11.6 Å². The van der Waals surface area contributed by atoms with Crippen molar-refractivity contribution >= 4 is 43.2 Å². The number of benzene rings is 2. The molecule has 0 heterocycles. The Morgan fingerprint density at radius 1 is 1.03 bits per heavy atom. The van der Waals surface area contributed by atoms with Crippen LogP contribution in [0, 0.1) is 0 Å². The van der Waals surface area contributed by atoms with Crippen LogP contribution in [-0.2, 0) is 20.0 Å². The number of carbonyl (C=O) groups is 1. The third kappa shape index (κ3) is 5.92. The molecule has 0 spiro atoms. The van der Waals surface area contributed by atoms with Gasteiger partial charge in [0.25, 0.3) is 5.91 Å². The van der Waals surface area contributed by atoms with E-state index in [2.05, 4.69) is 10.0 Å². The Morgan fingerprint density at radius 3 is 2.14 bits per heavy atom. The van der Waals surface area contributed by atoms with Gasteiger partial charge in [0.15, 0.2) is 0 Å². The van der Waals surface area contributed by atoms with Crippen molar-refractivity contribution in [2.75, 3.05) is 25.1 Å². The van der Waals surface area contributed by atoms with Crippen LogP contribution in [0.2, 0.25) is 5.02 Å². The van der Waals surface area contributed by atoms with Crippen molar-refractivity contribution in [3.05, 3.63) is 58.6 Å². The Labute approximate surface area is 176 Å². The fourth-order valence-electron chi connectivity index (χ4n) is 2.45. The highest BCUT2D eigenvalue weighted by Crippen LogP contribution is 2.24. The summed E-state index contributed by atoms with van der Waals surface area (Å²) in [6.07, 6.45) is 0.984. The van der Waals surface area contributed by atoms with Gasteiger partial charge in [0.1, 0.15) is 0 Å². The average molecular weight is 460 g/mol. The lowest BCUT2D eigenvalue weighted by atomic mass is 10.1. The monoisotopic (exact) mass is 459 g/mol. The predicted molar refractivity (Wildman–Crippen MR) is 113 cm³/mol. The maximum Gasteiger partial charge on any atom is 0.251 e. The van der Waals surface area contributed by atoms with Gasteiger partial charge >= 0.3 is 0 Å². The number of halogens is 1. The van der Waals surface area contributed by atoms with Gasteiger partial charge in [-0.25, -0.2) is 21.1 Å². The van der Waals surface area contributed by atoms with E-state index in [1.165, 1.54) is 44.4 Å². The highest BCUT2D eigenvalue weighted by atomic mass is 35.5. The zero-order valence-corrected chi connectivity index (χ0v) is 18.7. The molecule has 2 N–H and O–H groups in total. The smallest absolute Gasteiger partial charge is 0.251 e. The Morgan fingerprint density at radius 2 is 1.62 bits per heavy atom. The quantitative estimate of drug-likeness (QED) is 0.660. The first-order valence-electron chi connectivity index (χ1n) is 8.42. The highest BCUT2D eigenvalue weighted by molar-refractivity contribution is 7.92. The van der Waals surface area contributed by atoms with Crippen LogP contribution in [0.25, 0.3) is 0 Å². The molecule has 0 radical (unpaired) electrons. The molecule has 0 aliphatic carbocycles. The second-order valence-corrected chi connectivity index (χ2v) is 10.9. The molecule has 11 heteroatoms. The molecule has 0 saturated heterocycles. The normalized spacial score (nSPS) is 13.2. The zero-order chi connectivity index (χ0) is 22.0. The topological polar surface area (TPSA) is 113 Å². The van der Waals surface area contributed by atoms with Gasteiger partial charge in [-0.2, -0.15) is 0 Å². The first-order chi connectivity index (χ1) is 13.3. The Bertz CT molecular complexity index is 1110. The van der Waals surface area contributed by atoms with Crippen LogP contribution in [-0.4, -0.2) is 47.4 Å². The number of nitrogens with one attached hydrogen (secondary N) is 2. The molecule has 158 valence electrons. The van der Waals surface area contributed by atoms with Gasteiger partial charge in [-0.05, 0) is 42.8 Å². The number of carbonyl (C=O) groups excluding carboxylic acids is 1. The van der Waals surface area contributed by atoms with Crippen LogP contribution in [0.5, 0.6) is 0 Å². The molecule has 0 aliphatic heterocycles. The lowest BCUT2D eigenvalue weighted by Crippen LogP contribution is -2.27. The minimum atomic E-state index is -3.55. The van der Waals surface area contributed by atoms with E-state index in [0.717, 1.165) is 10.6 Å². The molecule has 0 aromatic heterocycles. The SMILES string of the molecule is CC(NC(=O)c1ccc(Cl)c(NS(C)(=O)=O)c1)c1ccc(S(=O)(=O)N(C)C)cc1. The van der Waals surface area contributed by atoms with Crippen LogP contribution >= 0.6 is 11.6 Å². The number of amides is 1. The molecule has 0 bridgehead atoms. The van der Waals surface area contributed by atoms with Gasteiger partial charge in [0, 0.05) is 19.7 Å². The molecule has 2 aromatic rings. The van der Waals surface area contributed by atoms with Crippen LogP contribution in [0.3, 0.4) is 0 Å². The Kier molecular flexibility index (Phi) is 6.94. The second-order valence-electron chi connectivity index (χ2n) is 6.62. The molecule has 0 aliphatic rings. The van der Waals surface area contributed by atoms with E-state index in [-0.39, 0.29) is 21.2 Å². The molecule has 0 fully saturated rings. The summed E-state index contributed by atoms with van der Waals surface area (Å²) in [4.78, 5) is 12.7. The number of hydrogen-bond acceptors (Lipinski definition) is 5. The zero-order valence-electron chi connectivity index (χ0n) is 16.3. The van der Waals surface area contributed by atoms with Crippen LogP contribution in [0.15, 0.2) is 47.4 Å². The maximum atomic E-state index is 12.5. The van der Waals surface area contributed by atoms with Crippen LogP contribution < -0.4 is 10.0 Å². The standard InChI is InChI=1S/C18H22ClN3O5S2/c1-12(13-5-8-15(9-6-13)29(26,27)22(2)3)20-18(23)14-7-10-16(19)17(11-14)21-28(4,24)25/h5-12,21H,1-4H3,(H,20,23). The van der Waals surface area contributed by atoms with Gasteiger partial charge in [-0.1, -0.05) is 23.7 Å². The summed E-state index contributed by atoms with van der Waals surface area (Å²) in [5.74, 6) is -0.435. The second kappa shape index (κ2) is 8.70. The lowest BCUT2D eigenvalue weighted by molar-refractivity contribution is 0.0940. The Hall–Kier alpha value is -2.14. The van der Waals surface area contributed by atoms with E-state index in [1.807, 2.05) is 0 Å². The van der Waals surface area contributed by atoms with Gasteiger partial charge < -0.3 is 5.32 Å². The summed E-state index contributed by atoms with van der Waals surface area (Å²) in [6.45, 7) is 1.75. The van der Waals surface area contributed by atoms with Gasteiger partial charge in [0.05, 0.1) is 27.9 Å². The van der Waals surface area contributed by atoms with E-state index < -0.39 is 32.0 Å². The predicted octanol–water partition coefficient (Wildman–Crippen LogP) is 2.45. The van der Waals surface area contributed by atoms with Crippen molar-refractivity contribution in [2.24, 2.45) is 0 Å². The molecule has 0 saturated carbocycles. The average Bonchev–Trinajstić information content (AvgIpc) is 2.62. The summed E-state index contributed by atoms with van der Waals surface area (Å²) >= 11 is 5.97. The molecule has 29 heavy (non-hydrogen) atoms. The molecule has 1 amide bonds. The molecule has 2 aromatic carbocycles. The van der Waals surface area contributed by atoms with E-state index in [9.17, 15) is 21.6 Å². The number of hydrogen-bond donors (Lipinski definition) is 2. The number of anilines is 1. The van der Waals surface area contributed by atoms with Crippen molar-refractivity contribution in [2.45, 2.75) is 17.9 Å². The largest absolute Gasteiger partial charge is 0.346 e. The third-order valence-corrected chi connectivity index (χ3v) is 6.78. The first kappa shape index (κ1) is 23.1. The molecular formula is C18H22ClN3O5S2. The fraction of sp³-hybridized carbons (Fsp3) is 0.278. The Balaban J connectivity index is 2.18. The molecular weight excluding hydrogens is 438 g/mol. The summed E-state index contributed by atoms with van der Waals surface area (Å²) in [6, 6.07) is 10.0. The first-order valence-corrected chi connectivity index (χ1v) is 12.1. The van der Waals surface area contributed by atoms with Gasteiger partial charge in [0.2, 0.25) is 20.0 Å². The van der Waals surface area contributed by atoms with E-state index >= 15 is 0 Å². The van der Waals surface area contributed by atoms with Crippen molar-refractivity contribution < 1.29 is 21.6 Å². The molecule has 2 rings (SSSR count). The van der Waals surface area contributed by atoms with Crippen LogP contribution in [0.1, 0.15) is 28.9 Å². The molecule has 1 atom stereocenters. The number of rotatable bonds is 7. The van der Waals surface area contributed by atoms with Crippen LogP contribution in [0.4, 0.5) is 5.69 Å². The fourth-order valence-corrected chi connectivity index (χ4v) is 4.14. The van der Waals surface area contributed by atoms with Crippen molar-refractivity contribution in [3.63, 3.8) is 0 Å². The number of sulfonamides is 2. The lowest BCUT2D eigenvalue weighted by Gasteiger charge is -2.16. The van der Waals surface area contributed by atoms with Crippen molar-refractivity contribution in [1.82, 2.24) is 9.62 Å². The maximum absolute atomic E-state index is 12.5. The summed E-state index contributed by atoms with van der Waals surface area (Å²) in [7, 11) is -4.18. The van der Waals surface area contributed by atoms with Crippen molar-refractivity contribution in [1.29, 1.82) is 0 Å². The van der Waals surface area contributed by atoms with E-state index in [0.29, 0.717) is 5.56 Å². The van der Waals surface area contributed by atoms with E-state index in [1.54, 1.807) is 19.1 Å². The summed E-state index contributed by atoms with van der Waals surface area (Å²) < 4.78 is 50.5. The van der Waals surface area contributed by atoms with Crippen molar-refractivity contribution in [3.8, 4) is 0 Å². The van der Waals surface area contributed by atoms with Gasteiger partial charge in [-0.3, -0.25) is 9.52 Å². The minimum absolute atomic E-state index is 0.104. The summed E-state index contributed by atoms with van der Waals surface area (Å²) in [5.41, 5.74) is 1.03. The molecule has 8 nitrogen and oxygen atoms in total. The van der Waals surface area contributed by atoms with Gasteiger partial charge in [-0.15, -0.1) is 0 Å². The molecule has 1 unspecified atom stereocenters. The number of nitrogens with zero attached hydrogens (tertiary/aromatic N) is 1. The minimum Gasteiger partial charge on any atom is -0.346 e.